The van der Waals surface area contributed by atoms with Crippen LogP contribution in [-0.4, -0.2) is 63.6 Å². The maximum atomic E-state index is 13.3. The Bertz CT molecular complexity index is 2540. The standard InChI is InChI=1S/C54H62ClN5O6/c1-35(34-66-48-20-25-56-47-14-5-9-36(2)51(47)48)27-42-29-40-16-18-45(31-46(40)53(42)21-23-54(24-22-53,52(63)64)59-44-13-7-12-43(55)30-44)65-26-8-15-50(62)60(4)33-38-10-6-11-39(28-38)41-17-19-49(57-32-41)58-37(3)61/h6-7,10-13,16-20,25,28,30-32,35-36,42,59H,5,8-9,14-15,21-24,26-27,29,33-34H2,1-4H3,(H,63,64)(H,57,58,61)/t35-,36-,42?,53?,54?/m1/s1. The van der Waals surface area contributed by atoms with Gasteiger partial charge in [-0.1, -0.05) is 55.8 Å². The average molecular weight is 913 g/mol. The first-order chi connectivity index (χ1) is 31.8. The number of amides is 2. The molecular formula is C54H62ClN5O6. The zero-order chi connectivity index (χ0) is 46.4. The first kappa shape index (κ1) is 46.6. The molecule has 0 radical (unpaired) electrons. The maximum absolute atomic E-state index is 13.3. The topological polar surface area (TPSA) is 143 Å². The number of nitrogens with zero attached hydrogens (tertiary/aromatic N) is 3. The molecule has 11 nitrogen and oxygen atoms in total. The van der Waals surface area contributed by atoms with Crippen LogP contribution in [0.4, 0.5) is 11.5 Å². The van der Waals surface area contributed by atoms with Gasteiger partial charge in [-0.3, -0.25) is 14.6 Å². The number of hydrogen-bond acceptors (Lipinski definition) is 8. The Kier molecular flexibility index (Phi) is 14.3. The molecule has 0 bridgehead atoms. The van der Waals surface area contributed by atoms with Crippen molar-refractivity contribution in [3.8, 4) is 22.6 Å². The number of anilines is 2. The van der Waals surface area contributed by atoms with E-state index < -0.39 is 11.5 Å². The molecule has 8 rings (SSSR count). The summed E-state index contributed by atoms with van der Waals surface area (Å²) in [6, 6.07) is 27.5. The van der Waals surface area contributed by atoms with Crippen LogP contribution in [0.3, 0.4) is 0 Å². The SMILES string of the molecule is CC(=O)Nc1ccc(-c2cccc(CN(C)C(=O)CCCOc3ccc4c(c3)C3(CCC(Nc5cccc(Cl)c5)(C(=O)O)CC3)C(C[C@@H](C)COc3ccnc5c3[C@H](C)CCC5)C4)c2)cn1. The van der Waals surface area contributed by atoms with Gasteiger partial charge in [-0.05, 0) is 164 Å². The highest BCUT2D eigenvalue weighted by Crippen LogP contribution is 2.57. The van der Waals surface area contributed by atoms with Gasteiger partial charge in [0.2, 0.25) is 11.8 Å². The molecule has 3 N–H and O–H groups in total. The van der Waals surface area contributed by atoms with Crippen LogP contribution in [0.1, 0.15) is 112 Å². The molecule has 5 aromatic rings. The van der Waals surface area contributed by atoms with E-state index in [2.05, 4.69) is 52.6 Å². The fraction of sp³-hybridized carbons (Fsp3) is 0.426. The van der Waals surface area contributed by atoms with E-state index in [1.165, 1.54) is 23.6 Å². The van der Waals surface area contributed by atoms with Crippen LogP contribution in [0.25, 0.3) is 11.1 Å². The van der Waals surface area contributed by atoms with Crippen molar-refractivity contribution in [3.63, 3.8) is 0 Å². The highest BCUT2D eigenvalue weighted by atomic mass is 35.5. The third-order valence-electron chi connectivity index (χ3n) is 14.2. The van der Waals surface area contributed by atoms with Crippen molar-refractivity contribution in [2.45, 2.75) is 115 Å². The summed E-state index contributed by atoms with van der Waals surface area (Å²) in [6.07, 6.45) is 12.0. The van der Waals surface area contributed by atoms with E-state index in [0.717, 1.165) is 66.0 Å². The van der Waals surface area contributed by atoms with Crippen molar-refractivity contribution in [1.82, 2.24) is 14.9 Å². The predicted octanol–water partition coefficient (Wildman–Crippen LogP) is 11.0. The summed E-state index contributed by atoms with van der Waals surface area (Å²) >= 11 is 6.33. The van der Waals surface area contributed by atoms with Crippen LogP contribution in [0.2, 0.25) is 5.02 Å². The molecule has 12 heteroatoms. The second kappa shape index (κ2) is 20.3. The van der Waals surface area contributed by atoms with Gasteiger partial charge in [0.25, 0.3) is 0 Å². The van der Waals surface area contributed by atoms with Crippen molar-refractivity contribution in [1.29, 1.82) is 0 Å². The Balaban J connectivity index is 0.920. The summed E-state index contributed by atoms with van der Waals surface area (Å²) in [5.41, 5.74) is 7.23. The van der Waals surface area contributed by atoms with Gasteiger partial charge >= 0.3 is 5.97 Å². The fourth-order valence-electron chi connectivity index (χ4n) is 10.8. The molecule has 3 aliphatic carbocycles. The maximum Gasteiger partial charge on any atom is 0.329 e. The number of rotatable bonds is 17. The number of benzene rings is 3. The van der Waals surface area contributed by atoms with Crippen molar-refractivity contribution in [3.05, 3.63) is 130 Å². The lowest BCUT2D eigenvalue weighted by atomic mass is 9.59. The number of aryl methyl sites for hydroxylation is 1. The number of aromatic nitrogens is 2. The third-order valence-corrected chi connectivity index (χ3v) is 14.5. The molecule has 3 atom stereocenters. The minimum absolute atomic E-state index is 0.0352. The highest BCUT2D eigenvalue weighted by molar-refractivity contribution is 6.30. The zero-order valence-electron chi connectivity index (χ0n) is 38.6. The smallest absolute Gasteiger partial charge is 0.329 e. The van der Waals surface area contributed by atoms with E-state index >= 15 is 0 Å². The minimum Gasteiger partial charge on any atom is -0.494 e. The zero-order valence-corrected chi connectivity index (χ0v) is 39.3. The molecule has 2 heterocycles. The highest BCUT2D eigenvalue weighted by Gasteiger charge is 2.54. The average Bonchev–Trinajstić information content (AvgIpc) is 3.58. The summed E-state index contributed by atoms with van der Waals surface area (Å²) in [5, 5.41) is 17.4. The molecule has 1 saturated carbocycles. The van der Waals surface area contributed by atoms with Crippen LogP contribution in [-0.2, 0) is 39.2 Å². The second-order valence-corrected chi connectivity index (χ2v) is 19.5. The summed E-state index contributed by atoms with van der Waals surface area (Å²) < 4.78 is 13.0. The van der Waals surface area contributed by atoms with Gasteiger partial charge in [-0.15, -0.1) is 0 Å². The molecule has 3 aromatic carbocycles. The number of fused-ring (bicyclic) bond motifs is 3. The normalized spacial score (nSPS) is 21.3. The Hall–Kier alpha value is -5.94. The number of nitrogens with one attached hydrogen (secondary N) is 2. The van der Waals surface area contributed by atoms with Crippen LogP contribution < -0.4 is 20.1 Å². The van der Waals surface area contributed by atoms with Crippen LogP contribution in [0, 0.1) is 11.8 Å². The largest absolute Gasteiger partial charge is 0.494 e. The van der Waals surface area contributed by atoms with E-state index in [-0.39, 0.29) is 23.1 Å². The summed E-state index contributed by atoms with van der Waals surface area (Å²) in [5.74, 6) is 2.24. The lowest BCUT2D eigenvalue weighted by Crippen LogP contribution is -2.53. The number of carbonyl (C=O) groups is 3. The first-order valence-electron chi connectivity index (χ1n) is 23.5. The minimum atomic E-state index is -1.12. The summed E-state index contributed by atoms with van der Waals surface area (Å²) in [6.45, 7) is 7.46. The molecular weight excluding hydrogens is 850 g/mol. The molecule has 66 heavy (non-hydrogen) atoms. The van der Waals surface area contributed by atoms with Gasteiger partial charge in [-0.2, -0.15) is 0 Å². The van der Waals surface area contributed by atoms with E-state index in [9.17, 15) is 19.5 Å². The van der Waals surface area contributed by atoms with Crippen molar-refractivity contribution >= 4 is 40.9 Å². The number of carboxylic acid groups (broad SMARTS) is 1. The van der Waals surface area contributed by atoms with Crippen LogP contribution in [0.15, 0.2) is 97.3 Å². The van der Waals surface area contributed by atoms with Crippen LogP contribution in [0.5, 0.6) is 11.5 Å². The van der Waals surface area contributed by atoms with Gasteiger partial charge in [0, 0.05) is 66.9 Å². The van der Waals surface area contributed by atoms with Gasteiger partial charge in [-0.25, -0.2) is 9.78 Å². The van der Waals surface area contributed by atoms with E-state index in [1.807, 2.05) is 61.8 Å². The molecule has 3 aliphatic rings. The monoisotopic (exact) mass is 911 g/mol. The molecule has 0 aliphatic heterocycles. The molecule has 2 aromatic heterocycles. The van der Waals surface area contributed by atoms with Crippen LogP contribution >= 0.6 is 11.6 Å². The van der Waals surface area contributed by atoms with Gasteiger partial charge < -0.3 is 30.1 Å². The Morgan fingerprint density at radius 1 is 0.955 bits per heavy atom. The second-order valence-electron chi connectivity index (χ2n) is 19.0. The summed E-state index contributed by atoms with van der Waals surface area (Å²) in [4.78, 5) is 48.6. The molecule has 346 valence electrons. The molecule has 1 fully saturated rings. The quantitative estimate of drug-likeness (QED) is 0.0777. The lowest BCUT2D eigenvalue weighted by molar-refractivity contribution is -0.144. The molecule has 1 spiro atoms. The van der Waals surface area contributed by atoms with E-state index in [4.69, 9.17) is 21.1 Å². The fourth-order valence-corrected chi connectivity index (χ4v) is 11.0. The number of carboxylic acids is 1. The van der Waals surface area contributed by atoms with Gasteiger partial charge in [0.1, 0.15) is 22.9 Å². The number of aliphatic carboxylic acids is 1. The number of ether oxygens (including phenoxy) is 2. The lowest BCUT2D eigenvalue weighted by Gasteiger charge is -2.47. The van der Waals surface area contributed by atoms with E-state index in [1.54, 1.807) is 29.3 Å². The third kappa shape index (κ3) is 10.5. The number of carbonyl (C=O) groups excluding carboxylic acids is 2. The number of halogens is 1. The first-order valence-corrected chi connectivity index (χ1v) is 23.9. The molecule has 2 amide bonds. The van der Waals surface area contributed by atoms with Crippen molar-refractivity contribution < 1.29 is 29.0 Å². The number of pyridine rings is 2. The van der Waals surface area contributed by atoms with Crippen molar-refractivity contribution in [2.24, 2.45) is 11.8 Å². The summed E-state index contributed by atoms with van der Waals surface area (Å²) in [7, 11) is 1.82. The van der Waals surface area contributed by atoms with E-state index in [0.29, 0.717) is 86.6 Å². The van der Waals surface area contributed by atoms with Crippen molar-refractivity contribution in [2.75, 3.05) is 30.9 Å². The molecule has 1 unspecified atom stereocenters. The predicted molar refractivity (Wildman–Crippen MR) is 259 cm³/mol. The Labute approximate surface area is 393 Å². The number of hydrogen-bond donors (Lipinski definition) is 3. The van der Waals surface area contributed by atoms with Gasteiger partial charge in [0.15, 0.2) is 0 Å². The molecule has 0 saturated heterocycles. The Morgan fingerprint density at radius 3 is 2.53 bits per heavy atom. The Morgan fingerprint density at radius 2 is 1.77 bits per heavy atom. The van der Waals surface area contributed by atoms with Gasteiger partial charge in [0.05, 0.1) is 13.2 Å².